The lowest BCUT2D eigenvalue weighted by atomic mass is 10.2. The van der Waals surface area contributed by atoms with E-state index in [1.807, 2.05) is 42.5 Å². The first-order chi connectivity index (χ1) is 10.3. The van der Waals surface area contributed by atoms with E-state index in [-0.39, 0.29) is 0 Å². The van der Waals surface area contributed by atoms with Gasteiger partial charge in [-0.05, 0) is 6.07 Å². The van der Waals surface area contributed by atoms with Gasteiger partial charge in [-0.3, -0.25) is 0 Å². The zero-order valence-corrected chi connectivity index (χ0v) is 12.3. The van der Waals surface area contributed by atoms with Gasteiger partial charge in [-0.25, -0.2) is 0 Å². The summed E-state index contributed by atoms with van der Waals surface area (Å²) in [5.74, 6) is 0.657. The Morgan fingerprint density at radius 3 is 2.62 bits per heavy atom. The minimum absolute atomic E-state index is 0.470. The molecule has 21 heavy (non-hydrogen) atoms. The van der Waals surface area contributed by atoms with E-state index in [0.717, 1.165) is 11.1 Å². The van der Waals surface area contributed by atoms with Gasteiger partial charge in [-0.15, -0.1) is 10.2 Å². The Hall–Kier alpha value is -2.17. The topological polar surface area (TPSA) is 43.1 Å². The van der Waals surface area contributed by atoms with E-state index in [4.69, 9.17) is 23.2 Å². The van der Waals surface area contributed by atoms with Crippen molar-refractivity contribution in [2.24, 2.45) is 5.10 Å². The zero-order chi connectivity index (χ0) is 14.7. The van der Waals surface area contributed by atoms with Crippen molar-refractivity contribution in [3.8, 4) is 11.4 Å². The van der Waals surface area contributed by atoms with Crippen molar-refractivity contribution in [1.82, 2.24) is 14.9 Å². The van der Waals surface area contributed by atoms with E-state index < -0.39 is 0 Å². The van der Waals surface area contributed by atoms with Gasteiger partial charge in [0.15, 0.2) is 5.82 Å². The summed E-state index contributed by atoms with van der Waals surface area (Å²) in [6.45, 7) is 0. The molecule has 104 valence electrons. The highest BCUT2D eigenvalue weighted by molar-refractivity contribution is 6.43. The van der Waals surface area contributed by atoms with Gasteiger partial charge < -0.3 is 0 Å². The zero-order valence-electron chi connectivity index (χ0n) is 10.8. The third kappa shape index (κ3) is 2.96. The summed E-state index contributed by atoms with van der Waals surface area (Å²) in [6.07, 6.45) is 3.17. The van der Waals surface area contributed by atoms with E-state index >= 15 is 0 Å². The van der Waals surface area contributed by atoms with Gasteiger partial charge in [-0.1, -0.05) is 65.7 Å². The van der Waals surface area contributed by atoms with Gasteiger partial charge in [0.1, 0.15) is 6.33 Å². The number of halogens is 2. The number of benzene rings is 2. The second-order valence-electron chi connectivity index (χ2n) is 4.25. The fourth-order valence-corrected chi connectivity index (χ4v) is 2.19. The molecule has 3 aromatic rings. The number of hydrogen-bond acceptors (Lipinski definition) is 3. The summed E-state index contributed by atoms with van der Waals surface area (Å²) in [4.78, 5) is 0. The minimum Gasteiger partial charge on any atom is -0.200 e. The van der Waals surface area contributed by atoms with Crippen molar-refractivity contribution < 1.29 is 0 Å². The third-order valence-corrected chi connectivity index (χ3v) is 3.70. The van der Waals surface area contributed by atoms with Crippen LogP contribution in [0, 0.1) is 0 Å². The highest BCUT2D eigenvalue weighted by atomic mass is 35.5. The molecule has 0 N–H and O–H groups in total. The summed E-state index contributed by atoms with van der Waals surface area (Å²) < 4.78 is 1.59. The van der Waals surface area contributed by atoms with Crippen molar-refractivity contribution in [3.05, 3.63) is 70.5 Å². The van der Waals surface area contributed by atoms with E-state index in [0.29, 0.717) is 15.9 Å². The van der Waals surface area contributed by atoms with E-state index in [9.17, 15) is 0 Å². The van der Waals surface area contributed by atoms with Crippen LogP contribution in [0.5, 0.6) is 0 Å². The monoisotopic (exact) mass is 316 g/mol. The number of hydrogen-bond donors (Lipinski definition) is 0. The summed E-state index contributed by atoms with van der Waals surface area (Å²) in [5, 5.41) is 13.3. The molecule has 3 rings (SSSR count). The minimum atomic E-state index is 0.470. The molecule has 0 unspecified atom stereocenters. The molecule has 0 aliphatic carbocycles. The van der Waals surface area contributed by atoms with Gasteiger partial charge in [-0.2, -0.15) is 9.78 Å². The molecule has 0 amide bonds. The Bertz CT molecular complexity index is 781. The largest absolute Gasteiger partial charge is 0.200 e. The van der Waals surface area contributed by atoms with Gasteiger partial charge in [0.25, 0.3) is 0 Å². The average Bonchev–Trinajstić information content (AvgIpc) is 2.98. The first-order valence-electron chi connectivity index (χ1n) is 6.19. The first-order valence-corrected chi connectivity index (χ1v) is 6.95. The lowest BCUT2D eigenvalue weighted by Crippen LogP contribution is -1.94. The summed E-state index contributed by atoms with van der Waals surface area (Å²) >= 11 is 12.1. The molecule has 0 radical (unpaired) electrons. The van der Waals surface area contributed by atoms with Crippen molar-refractivity contribution in [2.75, 3.05) is 0 Å². The first kappa shape index (κ1) is 13.8. The van der Waals surface area contributed by atoms with Crippen LogP contribution in [-0.2, 0) is 0 Å². The summed E-state index contributed by atoms with van der Waals surface area (Å²) in [7, 11) is 0. The average molecular weight is 317 g/mol. The van der Waals surface area contributed by atoms with E-state index in [2.05, 4.69) is 15.3 Å². The quantitative estimate of drug-likeness (QED) is 0.682. The van der Waals surface area contributed by atoms with Crippen LogP contribution in [-0.4, -0.2) is 21.1 Å². The Balaban J connectivity index is 1.95. The number of nitrogens with zero attached hydrogens (tertiary/aromatic N) is 4. The lowest BCUT2D eigenvalue weighted by molar-refractivity contribution is 0.888. The molecule has 0 aliphatic rings. The number of aromatic nitrogens is 3. The second-order valence-corrected chi connectivity index (χ2v) is 5.04. The van der Waals surface area contributed by atoms with Crippen LogP contribution in [0.4, 0.5) is 0 Å². The maximum Gasteiger partial charge on any atom is 0.184 e. The normalized spacial score (nSPS) is 11.1. The maximum atomic E-state index is 6.13. The predicted molar refractivity (Wildman–Crippen MR) is 84.9 cm³/mol. The maximum absolute atomic E-state index is 6.13. The second kappa shape index (κ2) is 6.08. The summed E-state index contributed by atoms with van der Waals surface area (Å²) in [5.41, 5.74) is 1.67. The van der Waals surface area contributed by atoms with Crippen LogP contribution in [0.25, 0.3) is 11.4 Å². The molecule has 6 heteroatoms. The van der Waals surface area contributed by atoms with Gasteiger partial charge in [0.2, 0.25) is 0 Å². The SMILES string of the molecule is Clc1cccc(/C=N\n2cnnc2-c2ccccc2)c1Cl. The molecule has 4 nitrogen and oxygen atoms in total. The molecule has 0 saturated carbocycles. The predicted octanol–water partition coefficient (Wildman–Crippen LogP) is 4.13. The Kier molecular flexibility index (Phi) is 3.99. The molecule has 0 saturated heterocycles. The standard InChI is InChI=1S/C15H10Cl2N4/c16-13-8-4-7-12(14(13)17)9-19-21-10-18-20-15(21)11-5-2-1-3-6-11/h1-10H/b19-9-. The Morgan fingerprint density at radius 2 is 1.81 bits per heavy atom. The van der Waals surface area contributed by atoms with Crippen molar-refractivity contribution >= 4 is 29.4 Å². The highest BCUT2D eigenvalue weighted by Gasteiger charge is 2.06. The molecule has 1 aromatic heterocycles. The van der Waals surface area contributed by atoms with Crippen LogP contribution in [0.15, 0.2) is 60.0 Å². The van der Waals surface area contributed by atoms with Crippen LogP contribution in [0.1, 0.15) is 5.56 Å². The Labute approximate surface area is 131 Å². The van der Waals surface area contributed by atoms with Gasteiger partial charge in [0.05, 0.1) is 16.3 Å². The van der Waals surface area contributed by atoms with Gasteiger partial charge in [0, 0.05) is 11.1 Å². The number of rotatable bonds is 3. The Morgan fingerprint density at radius 1 is 1.00 bits per heavy atom. The third-order valence-electron chi connectivity index (χ3n) is 2.87. The molecule has 0 spiro atoms. The van der Waals surface area contributed by atoms with Crippen molar-refractivity contribution in [3.63, 3.8) is 0 Å². The molecule has 0 aliphatic heterocycles. The van der Waals surface area contributed by atoms with Crippen LogP contribution < -0.4 is 0 Å². The summed E-state index contributed by atoms with van der Waals surface area (Å²) in [6, 6.07) is 15.1. The van der Waals surface area contributed by atoms with Gasteiger partial charge >= 0.3 is 0 Å². The molecule has 0 fully saturated rings. The molecular weight excluding hydrogens is 307 g/mol. The van der Waals surface area contributed by atoms with Crippen LogP contribution in [0.2, 0.25) is 10.0 Å². The van der Waals surface area contributed by atoms with E-state index in [1.54, 1.807) is 17.0 Å². The fraction of sp³-hybridized carbons (Fsp3) is 0. The molecule has 2 aromatic carbocycles. The molecular formula is C15H10Cl2N4. The fourth-order valence-electron chi connectivity index (χ4n) is 1.84. The van der Waals surface area contributed by atoms with Crippen molar-refractivity contribution in [2.45, 2.75) is 0 Å². The molecule has 0 bridgehead atoms. The smallest absolute Gasteiger partial charge is 0.184 e. The van der Waals surface area contributed by atoms with Crippen molar-refractivity contribution in [1.29, 1.82) is 0 Å². The molecule has 1 heterocycles. The highest BCUT2D eigenvalue weighted by Crippen LogP contribution is 2.24. The molecule has 0 atom stereocenters. The van der Waals surface area contributed by atoms with Crippen LogP contribution in [0.3, 0.4) is 0 Å². The van der Waals surface area contributed by atoms with E-state index in [1.165, 1.54) is 6.33 Å². The van der Waals surface area contributed by atoms with Crippen LogP contribution >= 0.6 is 23.2 Å². The lowest BCUT2D eigenvalue weighted by Gasteiger charge is -2.02.